The van der Waals surface area contributed by atoms with E-state index in [1.165, 1.54) is 0 Å². The molecule has 0 spiro atoms. The molecular formula is C29H34N2O5. The third-order valence-corrected chi connectivity index (χ3v) is 7.65. The second-order valence-corrected chi connectivity index (χ2v) is 9.94. The Labute approximate surface area is 211 Å². The molecule has 3 aliphatic rings. The van der Waals surface area contributed by atoms with Gasteiger partial charge < -0.3 is 25.2 Å². The van der Waals surface area contributed by atoms with Gasteiger partial charge in [-0.15, -0.1) is 0 Å². The first-order valence-electron chi connectivity index (χ1n) is 13.0. The largest absolute Gasteiger partial charge is 0.486 e. The molecule has 0 bridgehead atoms. The minimum absolute atomic E-state index is 0.00653. The van der Waals surface area contributed by atoms with Crippen LogP contribution in [0.1, 0.15) is 49.1 Å². The lowest BCUT2D eigenvalue weighted by molar-refractivity contribution is -0.140. The molecule has 1 aliphatic heterocycles. The van der Waals surface area contributed by atoms with Gasteiger partial charge in [-0.25, -0.2) is 0 Å². The van der Waals surface area contributed by atoms with Crippen molar-refractivity contribution in [2.45, 2.75) is 68.7 Å². The Morgan fingerprint density at radius 1 is 1.00 bits per heavy atom. The summed E-state index contributed by atoms with van der Waals surface area (Å²) in [6.07, 6.45) is 5.29. The Bertz CT molecular complexity index is 1110. The Balaban J connectivity index is 1.54. The van der Waals surface area contributed by atoms with Gasteiger partial charge in [0.15, 0.2) is 0 Å². The molecule has 4 atom stereocenters. The normalized spacial score (nSPS) is 25.2. The topological polar surface area (TPSA) is 99.1 Å². The smallest absolute Gasteiger partial charge is 0.247 e. The van der Waals surface area contributed by atoms with Crippen molar-refractivity contribution in [3.8, 4) is 5.75 Å². The SMILES string of the molecule is O=C(NCCO)C1=C[C@@H](N(C(=O)Cc2ccccc2)C2CCCCC2)[C@H](O)[C@H]2Oc3ccccc3[C@@H]12. The van der Waals surface area contributed by atoms with Crippen LogP contribution in [0.5, 0.6) is 5.75 Å². The minimum Gasteiger partial charge on any atom is -0.486 e. The van der Waals surface area contributed by atoms with E-state index in [0.29, 0.717) is 11.3 Å². The Morgan fingerprint density at radius 2 is 1.72 bits per heavy atom. The van der Waals surface area contributed by atoms with E-state index >= 15 is 0 Å². The highest BCUT2D eigenvalue weighted by Gasteiger charge is 2.51. The number of rotatable bonds is 7. The van der Waals surface area contributed by atoms with Gasteiger partial charge in [-0.05, 0) is 30.5 Å². The number of para-hydroxylation sites is 1. The fraction of sp³-hybridized carbons (Fsp3) is 0.448. The Kier molecular flexibility index (Phi) is 7.39. The number of nitrogens with zero attached hydrogens (tertiary/aromatic N) is 1. The molecule has 7 heteroatoms. The number of carbonyl (C=O) groups excluding carboxylic acids is 2. The number of ether oxygens (including phenoxy) is 1. The standard InChI is InChI=1S/C29H34N2O5/c32-16-15-30-29(35)22-18-23(27(34)28-26(22)21-13-7-8-14-24(21)36-28)31(20-11-5-2-6-12-20)25(33)17-19-9-3-1-4-10-19/h1,3-4,7-10,13-14,18,20,23,26-28,32,34H,2,5-6,11-12,15-17H2,(H,30,35)/t23-,26+,27+,28+/m1/s1. The van der Waals surface area contributed by atoms with Crippen LogP contribution < -0.4 is 10.1 Å². The van der Waals surface area contributed by atoms with Crippen LogP contribution in [-0.2, 0) is 16.0 Å². The highest BCUT2D eigenvalue weighted by Crippen LogP contribution is 2.47. The molecule has 36 heavy (non-hydrogen) atoms. The van der Waals surface area contributed by atoms with Crippen molar-refractivity contribution in [2.75, 3.05) is 13.2 Å². The molecule has 0 unspecified atom stereocenters. The van der Waals surface area contributed by atoms with Crippen molar-refractivity contribution < 1.29 is 24.5 Å². The van der Waals surface area contributed by atoms with Crippen LogP contribution in [-0.4, -0.2) is 64.4 Å². The fourth-order valence-electron chi connectivity index (χ4n) is 6.00. The molecule has 3 N–H and O–H groups in total. The summed E-state index contributed by atoms with van der Waals surface area (Å²) < 4.78 is 6.22. The highest BCUT2D eigenvalue weighted by atomic mass is 16.5. The van der Waals surface area contributed by atoms with Crippen molar-refractivity contribution >= 4 is 11.8 Å². The first-order chi connectivity index (χ1) is 17.6. The molecule has 0 aromatic heterocycles. The Hall–Kier alpha value is -3.16. The molecule has 2 amide bonds. The maximum Gasteiger partial charge on any atom is 0.247 e. The van der Waals surface area contributed by atoms with Crippen molar-refractivity contribution in [3.63, 3.8) is 0 Å². The zero-order chi connectivity index (χ0) is 25.1. The van der Waals surface area contributed by atoms with Crippen LogP contribution in [0.2, 0.25) is 0 Å². The third-order valence-electron chi connectivity index (χ3n) is 7.65. The van der Waals surface area contributed by atoms with Crippen molar-refractivity contribution in [2.24, 2.45) is 0 Å². The number of benzene rings is 2. The number of carbonyl (C=O) groups is 2. The maximum atomic E-state index is 13.8. The van der Waals surface area contributed by atoms with Gasteiger partial charge in [-0.1, -0.05) is 67.8 Å². The van der Waals surface area contributed by atoms with Crippen molar-refractivity contribution in [1.29, 1.82) is 0 Å². The van der Waals surface area contributed by atoms with Gasteiger partial charge in [0.1, 0.15) is 18.0 Å². The number of aliphatic hydroxyl groups excluding tert-OH is 2. The van der Waals surface area contributed by atoms with E-state index in [2.05, 4.69) is 5.32 Å². The average Bonchev–Trinajstić information content (AvgIpc) is 3.30. The van der Waals surface area contributed by atoms with E-state index < -0.39 is 24.2 Å². The molecule has 1 fully saturated rings. The number of amides is 2. The Morgan fingerprint density at radius 3 is 2.47 bits per heavy atom. The lowest BCUT2D eigenvalue weighted by Gasteiger charge is -2.45. The van der Waals surface area contributed by atoms with E-state index in [1.54, 1.807) is 6.08 Å². The lowest BCUT2D eigenvalue weighted by atomic mass is 9.76. The number of aliphatic hydroxyl groups is 2. The molecule has 2 aromatic carbocycles. The van der Waals surface area contributed by atoms with Crippen LogP contribution in [0.3, 0.4) is 0 Å². The van der Waals surface area contributed by atoms with E-state index in [1.807, 2.05) is 59.5 Å². The predicted octanol–water partition coefficient (Wildman–Crippen LogP) is 2.71. The van der Waals surface area contributed by atoms with Gasteiger partial charge in [0.25, 0.3) is 0 Å². The molecule has 1 heterocycles. The zero-order valence-corrected chi connectivity index (χ0v) is 20.4. The molecule has 5 rings (SSSR count). The summed E-state index contributed by atoms with van der Waals surface area (Å²) >= 11 is 0. The lowest BCUT2D eigenvalue weighted by Crippen LogP contribution is -2.59. The zero-order valence-electron chi connectivity index (χ0n) is 20.4. The predicted molar refractivity (Wildman–Crippen MR) is 135 cm³/mol. The number of hydrogen-bond acceptors (Lipinski definition) is 5. The van der Waals surface area contributed by atoms with Gasteiger partial charge in [-0.2, -0.15) is 0 Å². The summed E-state index contributed by atoms with van der Waals surface area (Å²) in [5, 5.41) is 23.7. The first-order valence-corrected chi connectivity index (χ1v) is 13.0. The summed E-state index contributed by atoms with van der Waals surface area (Å²) in [4.78, 5) is 28.9. The second kappa shape index (κ2) is 10.8. The molecule has 2 aromatic rings. The van der Waals surface area contributed by atoms with Gasteiger partial charge in [-0.3, -0.25) is 9.59 Å². The number of fused-ring (bicyclic) bond motifs is 3. The summed E-state index contributed by atoms with van der Waals surface area (Å²) in [6.45, 7) is -0.0431. The first kappa shape index (κ1) is 24.5. The molecule has 0 radical (unpaired) electrons. The van der Waals surface area contributed by atoms with Crippen LogP contribution in [0, 0.1) is 0 Å². The third kappa shape index (κ3) is 4.77. The van der Waals surface area contributed by atoms with Crippen LogP contribution >= 0.6 is 0 Å². The number of nitrogens with one attached hydrogen (secondary N) is 1. The molecule has 190 valence electrons. The van der Waals surface area contributed by atoms with Crippen molar-refractivity contribution in [3.05, 3.63) is 77.4 Å². The molecule has 7 nitrogen and oxygen atoms in total. The second-order valence-electron chi connectivity index (χ2n) is 9.94. The van der Waals surface area contributed by atoms with Gasteiger partial charge >= 0.3 is 0 Å². The monoisotopic (exact) mass is 490 g/mol. The summed E-state index contributed by atoms with van der Waals surface area (Å²) in [7, 11) is 0. The van der Waals surface area contributed by atoms with E-state index in [4.69, 9.17) is 4.74 Å². The quantitative estimate of drug-likeness (QED) is 0.554. The highest BCUT2D eigenvalue weighted by molar-refractivity contribution is 5.96. The molecular weight excluding hydrogens is 456 g/mol. The molecule has 0 saturated heterocycles. The molecule has 1 saturated carbocycles. The van der Waals surface area contributed by atoms with Gasteiger partial charge in [0, 0.05) is 23.7 Å². The van der Waals surface area contributed by atoms with Crippen molar-refractivity contribution in [1.82, 2.24) is 10.2 Å². The van der Waals surface area contributed by atoms with Crippen LogP contribution in [0.15, 0.2) is 66.2 Å². The number of hydrogen-bond donors (Lipinski definition) is 3. The summed E-state index contributed by atoms with van der Waals surface area (Å²) in [5.74, 6) is -0.163. The summed E-state index contributed by atoms with van der Waals surface area (Å²) in [5.41, 5.74) is 2.24. The summed E-state index contributed by atoms with van der Waals surface area (Å²) in [6, 6.07) is 16.5. The van der Waals surface area contributed by atoms with E-state index in [-0.39, 0.29) is 37.4 Å². The van der Waals surface area contributed by atoms with E-state index in [9.17, 15) is 19.8 Å². The van der Waals surface area contributed by atoms with Gasteiger partial charge in [0.05, 0.1) is 25.0 Å². The average molecular weight is 491 g/mol. The van der Waals surface area contributed by atoms with Gasteiger partial charge in [0.2, 0.25) is 11.8 Å². The van der Waals surface area contributed by atoms with E-state index in [0.717, 1.165) is 43.2 Å². The minimum atomic E-state index is -0.988. The van der Waals surface area contributed by atoms with Crippen LogP contribution in [0.25, 0.3) is 0 Å². The van der Waals surface area contributed by atoms with Crippen LogP contribution in [0.4, 0.5) is 0 Å². The molecule has 2 aliphatic carbocycles. The fourth-order valence-corrected chi connectivity index (χ4v) is 6.00. The maximum absolute atomic E-state index is 13.8.